The van der Waals surface area contributed by atoms with Crippen molar-refractivity contribution >= 4 is 40.4 Å². The largest absolute Gasteiger partial charge is 0.352 e. The average molecular weight is 489 g/mol. The summed E-state index contributed by atoms with van der Waals surface area (Å²) in [4.78, 5) is 50.1. The molecule has 7 rings (SSSR count). The Labute approximate surface area is 211 Å². The van der Waals surface area contributed by atoms with Gasteiger partial charge in [0.05, 0.1) is 10.9 Å². The van der Waals surface area contributed by atoms with Gasteiger partial charge in [-0.05, 0) is 34.7 Å². The lowest BCUT2D eigenvalue weighted by atomic mass is 9.64. The Hall–Kier alpha value is -4.16. The number of fused-ring (bicyclic) bond motifs is 5. The zero-order chi connectivity index (χ0) is 24.4. The van der Waals surface area contributed by atoms with Crippen molar-refractivity contribution in [3.63, 3.8) is 0 Å². The number of para-hydroxylation sites is 1. The van der Waals surface area contributed by atoms with Crippen molar-refractivity contribution in [3.05, 3.63) is 124 Å². The normalized spacial score (nSPS) is 23.0. The van der Waals surface area contributed by atoms with Gasteiger partial charge in [0.2, 0.25) is 0 Å². The van der Waals surface area contributed by atoms with Crippen LogP contribution < -0.4 is 4.90 Å². The van der Waals surface area contributed by atoms with Crippen LogP contribution in [0.1, 0.15) is 47.4 Å². The molecular formula is C30H20N2O3S. The predicted molar refractivity (Wildman–Crippen MR) is 139 cm³/mol. The van der Waals surface area contributed by atoms with Crippen molar-refractivity contribution in [2.75, 3.05) is 4.90 Å². The SMILES string of the molecule is O=C(c1cccs1)C1C(c2cccnc2)C2(C(=O)c3ccccc3C2=O)C2C=Cc3ccccc3N12. The van der Waals surface area contributed by atoms with E-state index in [1.165, 1.54) is 11.3 Å². The molecule has 4 aromatic rings. The smallest absolute Gasteiger partial charge is 0.195 e. The van der Waals surface area contributed by atoms with Gasteiger partial charge in [0.1, 0.15) is 11.5 Å². The Balaban J connectivity index is 1.56. The first-order valence-electron chi connectivity index (χ1n) is 11.9. The Kier molecular flexibility index (Phi) is 4.51. The quantitative estimate of drug-likeness (QED) is 0.283. The van der Waals surface area contributed by atoms with Crippen LogP contribution >= 0.6 is 11.3 Å². The molecular weight excluding hydrogens is 468 g/mol. The molecule has 5 nitrogen and oxygen atoms in total. The zero-order valence-corrected chi connectivity index (χ0v) is 19.9. The van der Waals surface area contributed by atoms with Crippen molar-refractivity contribution in [1.82, 2.24) is 4.98 Å². The van der Waals surface area contributed by atoms with Crippen molar-refractivity contribution in [1.29, 1.82) is 0 Å². The lowest BCUT2D eigenvalue weighted by molar-refractivity contribution is 0.0666. The molecule has 0 bridgehead atoms. The third kappa shape index (κ3) is 2.59. The summed E-state index contributed by atoms with van der Waals surface area (Å²) in [6.07, 6.45) is 7.27. The summed E-state index contributed by atoms with van der Waals surface area (Å²) in [6.45, 7) is 0. The molecule has 36 heavy (non-hydrogen) atoms. The number of ketones is 3. The van der Waals surface area contributed by atoms with Crippen molar-refractivity contribution in [3.8, 4) is 0 Å². The van der Waals surface area contributed by atoms with Crippen LogP contribution in [0.25, 0.3) is 6.08 Å². The molecule has 3 unspecified atom stereocenters. The maximum Gasteiger partial charge on any atom is 0.195 e. The van der Waals surface area contributed by atoms with Gasteiger partial charge in [0, 0.05) is 35.1 Å². The molecule has 1 saturated heterocycles. The topological polar surface area (TPSA) is 67.3 Å². The number of hydrogen-bond acceptors (Lipinski definition) is 6. The maximum atomic E-state index is 14.4. The van der Waals surface area contributed by atoms with Crippen LogP contribution in [0.2, 0.25) is 0 Å². The van der Waals surface area contributed by atoms with E-state index in [0.717, 1.165) is 11.3 Å². The summed E-state index contributed by atoms with van der Waals surface area (Å²) in [5.74, 6) is -1.26. The highest BCUT2D eigenvalue weighted by molar-refractivity contribution is 7.12. The minimum absolute atomic E-state index is 0.0950. The van der Waals surface area contributed by atoms with E-state index in [1.807, 2.05) is 64.9 Å². The van der Waals surface area contributed by atoms with Crippen LogP contribution in [0.5, 0.6) is 0 Å². The molecule has 1 spiro atoms. The first kappa shape index (κ1) is 21.1. The van der Waals surface area contributed by atoms with Gasteiger partial charge in [0.15, 0.2) is 17.3 Å². The van der Waals surface area contributed by atoms with Gasteiger partial charge in [0.25, 0.3) is 0 Å². The molecule has 3 atom stereocenters. The van der Waals surface area contributed by atoms with Crippen LogP contribution in [-0.2, 0) is 0 Å². The number of carbonyl (C=O) groups is 3. The number of benzene rings is 2. The van der Waals surface area contributed by atoms with Crippen molar-refractivity contribution in [2.24, 2.45) is 5.41 Å². The van der Waals surface area contributed by atoms with Crippen LogP contribution in [0.15, 0.2) is 96.6 Å². The highest BCUT2D eigenvalue weighted by Crippen LogP contribution is 2.60. The second-order valence-corrected chi connectivity index (χ2v) is 10.3. The Bertz CT molecular complexity index is 1540. The summed E-state index contributed by atoms with van der Waals surface area (Å²) in [7, 11) is 0. The first-order chi connectivity index (χ1) is 17.6. The van der Waals surface area contributed by atoms with Gasteiger partial charge in [-0.1, -0.05) is 66.7 Å². The van der Waals surface area contributed by atoms with E-state index >= 15 is 0 Å². The number of anilines is 1. The van der Waals surface area contributed by atoms with Crippen LogP contribution in [0.3, 0.4) is 0 Å². The second kappa shape index (κ2) is 7.67. The van der Waals surface area contributed by atoms with Crippen LogP contribution in [-0.4, -0.2) is 34.4 Å². The molecule has 1 aliphatic carbocycles. The van der Waals surface area contributed by atoms with E-state index in [2.05, 4.69) is 4.98 Å². The highest BCUT2D eigenvalue weighted by Gasteiger charge is 2.71. The molecule has 6 heteroatoms. The molecule has 0 radical (unpaired) electrons. The van der Waals surface area contributed by atoms with Crippen molar-refractivity contribution in [2.45, 2.75) is 18.0 Å². The van der Waals surface area contributed by atoms with Gasteiger partial charge in [-0.15, -0.1) is 11.3 Å². The summed E-state index contributed by atoms with van der Waals surface area (Å²) in [6, 6.07) is 20.8. The van der Waals surface area contributed by atoms with E-state index in [0.29, 0.717) is 21.6 Å². The molecule has 0 amide bonds. The third-order valence-corrected chi connectivity index (χ3v) is 8.67. The van der Waals surface area contributed by atoms with Gasteiger partial charge in [-0.25, -0.2) is 0 Å². The monoisotopic (exact) mass is 488 g/mol. The van der Waals surface area contributed by atoms with Crippen molar-refractivity contribution < 1.29 is 14.4 Å². The zero-order valence-electron chi connectivity index (χ0n) is 19.1. The first-order valence-corrected chi connectivity index (χ1v) is 12.7. The van der Waals surface area contributed by atoms with Gasteiger partial charge >= 0.3 is 0 Å². The Morgan fingerprint density at radius 2 is 1.64 bits per heavy atom. The highest BCUT2D eigenvalue weighted by atomic mass is 32.1. The minimum atomic E-state index is -1.48. The lowest BCUT2D eigenvalue weighted by Crippen LogP contribution is -2.48. The molecule has 2 aromatic carbocycles. The van der Waals surface area contributed by atoms with Gasteiger partial charge < -0.3 is 4.90 Å². The summed E-state index contributed by atoms with van der Waals surface area (Å²) < 4.78 is 0. The number of rotatable bonds is 3. The molecule has 2 aliphatic heterocycles. The second-order valence-electron chi connectivity index (χ2n) is 9.39. The van der Waals surface area contributed by atoms with E-state index in [1.54, 1.807) is 42.7 Å². The fourth-order valence-corrected chi connectivity index (χ4v) is 7.11. The van der Waals surface area contributed by atoms with Crippen LogP contribution in [0.4, 0.5) is 5.69 Å². The summed E-state index contributed by atoms with van der Waals surface area (Å²) in [5.41, 5.74) is 1.88. The summed E-state index contributed by atoms with van der Waals surface area (Å²) >= 11 is 1.38. The number of Topliss-reactive ketones (excluding diaryl/α,β-unsaturated/α-hetero) is 3. The Morgan fingerprint density at radius 1 is 0.889 bits per heavy atom. The number of pyridine rings is 1. The molecule has 2 aromatic heterocycles. The fraction of sp³-hybridized carbons (Fsp3) is 0.133. The van der Waals surface area contributed by atoms with Crippen LogP contribution in [0, 0.1) is 5.41 Å². The van der Waals surface area contributed by atoms with E-state index in [-0.39, 0.29) is 17.3 Å². The summed E-state index contributed by atoms with van der Waals surface area (Å²) in [5, 5.41) is 1.88. The molecule has 1 fully saturated rings. The van der Waals surface area contributed by atoms with E-state index in [4.69, 9.17) is 0 Å². The maximum absolute atomic E-state index is 14.4. The number of nitrogens with zero attached hydrogens (tertiary/aromatic N) is 2. The number of hydrogen-bond donors (Lipinski definition) is 0. The number of thiophene rings is 1. The fourth-order valence-electron chi connectivity index (χ4n) is 6.41. The van der Waals surface area contributed by atoms with Gasteiger partial charge in [-0.2, -0.15) is 0 Å². The molecule has 0 saturated carbocycles. The third-order valence-electron chi connectivity index (χ3n) is 7.79. The lowest BCUT2D eigenvalue weighted by Gasteiger charge is -2.37. The molecule has 3 aliphatic rings. The number of carbonyl (C=O) groups excluding carboxylic acids is 3. The van der Waals surface area contributed by atoms with E-state index < -0.39 is 23.4 Å². The standard InChI is InChI=1S/C30H20N2O3S/c33-27(23-12-6-16-36-23)26-25(19-8-5-15-31-17-19)30(28(34)20-9-2-3-10-21(20)29(30)35)24-14-13-18-7-1-4-11-22(18)32(24)26/h1-17,24-26H. The molecule has 0 N–H and O–H groups in total. The van der Waals surface area contributed by atoms with E-state index in [9.17, 15) is 14.4 Å². The predicted octanol–water partition coefficient (Wildman–Crippen LogP) is 5.46. The molecule has 4 heterocycles. The van der Waals surface area contributed by atoms with Gasteiger partial charge in [-0.3, -0.25) is 19.4 Å². The average Bonchev–Trinajstić information content (AvgIpc) is 3.63. The minimum Gasteiger partial charge on any atom is -0.352 e. The molecule has 174 valence electrons. The Morgan fingerprint density at radius 3 is 2.33 bits per heavy atom. The number of aromatic nitrogens is 1.